The van der Waals surface area contributed by atoms with Gasteiger partial charge in [0.05, 0.1) is 26.7 Å². The van der Waals surface area contributed by atoms with E-state index in [2.05, 4.69) is 20.0 Å². The van der Waals surface area contributed by atoms with Crippen LogP contribution in [0.3, 0.4) is 0 Å². The summed E-state index contributed by atoms with van der Waals surface area (Å²) in [6.07, 6.45) is 0. The molecule has 9 heteroatoms. The molecule has 7 nitrogen and oxygen atoms in total. The van der Waals surface area contributed by atoms with E-state index < -0.39 is 16.4 Å². The van der Waals surface area contributed by atoms with E-state index in [0.717, 1.165) is 14.6 Å². The summed E-state index contributed by atoms with van der Waals surface area (Å²) in [6, 6.07) is 7.71. The Kier molecular flexibility index (Phi) is 3.73. The summed E-state index contributed by atoms with van der Waals surface area (Å²) in [5.41, 5.74) is 6.54. The predicted molar refractivity (Wildman–Crippen MR) is 84.2 cm³/mol. The number of anilines is 1. The topological polar surface area (TPSA) is 114 Å². The standard InChI is InChI=1S/C13H10N4O3S2/c1-20-17-10(11(18)19)8-6-22(12(14)15-8)13-16-7-4-2-3-5-9(7)21-13/h2-6H,1H3,(H2-,14,15,18,19)/b17-10-. The molecule has 0 saturated heterocycles. The van der Waals surface area contributed by atoms with Gasteiger partial charge in [-0.15, -0.1) is 0 Å². The number of rotatable bonds is 4. The molecule has 0 bridgehead atoms. The van der Waals surface area contributed by atoms with Gasteiger partial charge in [-0.1, -0.05) is 28.6 Å². The van der Waals surface area contributed by atoms with E-state index in [4.69, 9.17) is 5.73 Å². The molecule has 1 atom stereocenters. The lowest BCUT2D eigenvalue weighted by Gasteiger charge is -2.00. The summed E-state index contributed by atoms with van der Waals surface area (Å²) < 4.78 is 1.80. The number of aliphatic carboxylic acids is 1. The number of oxime groups is 1. The van der Waals surface area contributed by atoms with Gasteiger partial charge in [0.2, 0.25) is 0 Å². The SMILES string of the molecule is CO/N=C(\C(=O)[O-])c1c[s+](-c2nc3ccccc3s2)c(N)n1. The molecule has 3 aromatic rings. The normalized spacial score (nSPS) is 12.6. The molecule has 0 radical (unpaired) electrons. The number of fused-ring (bicyclic) bond motifs is 1. The van der Waals surface area contributed by atoms with Gasteiger partial charge in [0.25, 0.3) is 0 Å². The number of benzene rings is 1. The Morgan fingerprint density at radius 1 is 1.41 bits per heavy atom. The molecule has 0 fully saturated rings. The Bertz CT molecular complexity index is 851. The van der Waals surface area contributed by atoms with Crippen LogP contribution in [-0.4, -0.2) is 28.8 Å². The van der Waals surface area contributed by atoms with Gasteiger partial charge in [0.15, 0.2) is 16.8 Å². The van der Waals surface area contributed by atoms with Crippen LogP contribution in [0.5, 0.6) is 0 Å². The second-order valence-corrected chi connectivity index (χ2v) is 7.15. The lowest BCUT2D eigenvalue weighted by Crippen LogP contribution is -2.32. The second-order valence-electron chi connectivity index (χ2n) is 4.15. The van der Waals surface area contributed by atoms with Gasteiger partial charge in [0, 0.05) is 0 Å². The second kappa shape index (κ2) is 5.70. The van der Waals surface area contributed by atoms with Crippen LogP contribution < -0.4 is 10.8 Å². The summed E-state index contributed by atoms with van der Waals surface area (Å²) in [7, 11) is 0.556. The quantitative estimate of drug-likeness (QED) is 0.434. The van der Waals surface area contributed by atoms with Crippen LogP contribution in [0.1, 0.15) is 5.69 Å². The minimum atomic E-state index is -1.47. The molecule has 0 aliphatic carbocycles. The third-order valence-corrected chi connectivity index (χ3v) is 5.85. The van der Waals surface area contributed by atoms with Crippen molar-refractivity contribution >= 4 is 48.8 Å². The number of nitrogens with zero attached hydrogens (tertiary/aromatic N) is 3. The fraction of sp³-hybridized carbons (Fsp3) is 0.0769. The van der Waals surface area contributed by atoms with Crippen molar-refractivity contribution in [3.63, 3.8) is 0 Å². The number of carbonyl (C=O) groups excluding carboxylic acids is 1. The number of thiazole rings is 2. The molecule has 0 saturated carbocycles. The lowest BCUT2D eigenvalue weighted by atomic mass is 10.3. The zero-order chi connectivity index (χ0) is 15.7. The molecule has 112 valence electrons. The number of nitrogen functional groups attached to an aromatic ring is 1. The highest BCUT2D eigenvalue weighted by molar-refractivity contribution is 7.52. The Morgan fingerprint density at radius 2 is 2.18 bits per heavy atom. The van der Waals surface area contributed by atoms with Crippen LogP contribution in [-0.2, 0) is 9.63 Å². The monoisotopic (exact) mass is 334 g/mol. The highest BCUT2D eigenvalue weighted by Crippen LogP contribution is 2.41. The van der Waals surface area contributed by atoms with Crippen molar-refractivity contribution in [2.45, 2.75) is 0 Å². The van der Waals surface area contributed by atoms with E-state index in [0.29, 0.717) is 5.13 Å². The minimum Gasteiger partial charge on any atom is -0.543 e. The van der Waals surface area contributed by atoms with Gasteiger partial charge < -0.3 is 20.5 Å². The van der Waals surface area contributed by atoms with E-state index in [-0.39, 0.29) is 11.4 Å². The van der Waals surface area contributed by atoms with E-state index in [9.17, 15) is 9.90 Å². The highest BCUT2D eigenvalue weighted by Gasteiger charge is 2.26. The van der Waals surface area contributed by atoms with Crippen molar-refractivity contribution in [3.05, 3.63) is 35.3 Å². The number of carbonyl (C=O) groups is 1. The molecule has 0 amide bonds. The maximum absolute atomic E-state index is 11.1. The Labute approximate surface area is 131 Å². The van der Waals surface area contributed by atoms with Gasteiger partial charge in [-0.05, 0) is 12.1 Å². The molecular weight excluding hydrogens is 324 g/mol. The molecule has 3 rings (SSSR count). The summed E-state index contributed by atoms with van der Waals surface area (Å²) >= 11 is 1.50. The van der Waals surface area contributed by atoms with Crippen LogP contribution in [0, 0.1) is 0 Å². The van der Waals surface area contributed by atoms with Crippen molar-refractivity contribution in [3.8, 4) is 4.34 Å². The number of aromatic nitrogens is 2. The van der Waals surface area contributed by atoms with Gasteiger partial charge >= 0.3 is 9.47 Å². The number of carboxylic acids is 1. The maximum atomic E-state index is 11.1. The smallest absolute Gasteiger partial charge is 0.345 e. The van der Waals surface area contributed by atoms with Crippen molar-refractivity contribution < 1.29 is 14.7 Å². The van der Waals surface area contributed by atoms with Crippen molar-refractivity contribution in [2.24, 2.45) is 5.16 Å². The van der Waals surface area contributed by atoms with Crippen molar-refractivity contribution in [1.29, 1.82) is 0 Å². The van der Waals surface area contributed by atoms with E-state index in [1.54, 1.807) is 5.38 Å². The molecule has 0 aliphatic heterocycles. The van der Waals surface area contributed by atoms with Crippen LogP contribution in [0.2, 0.25) is 0 Å². The van der Waals surface area contributed by atoms with Crippen LogP contribution in [0.4, 0.5) is 5.13 Å². The van der Waals surface area contributed by atoms with E-state index in [1.165, 1.54) is 18.4 Å². The van der Waals surface area contributed by atoms with Gasteiger partial charge in [-0.3, -0.25) is 0 Å². The Balaban J connectivity index is 2.09. The predicted octanol–water partition coefficient (Wildman–Crippen LogP) is 1.11. The highest BCUT2D eigenvalue weighted by atomic mass is 32.2. The average Bonchev–Trinajstić information content (AvgIpc) is 3.07. The van der Waals surface area contributed by atoms with Crippen molar-refractivity contribution in [1.82, 2.24) is 9.97 Å². The first-order valence-electron chi connectivity index (χ1n) is 6.07. The third-order valence-electron chi connectivity index (χ3n) is 2.77. The molecule has 2 heterocycles. The largest absolute Gasteiger partial charge is 0.543 e. The first-order valence-corrected chi connectivity index (χ1v) is 8.18. The van der Waals surface area contributed by atoms with Crippen LogP contribution in [0.15, 0.2) is 34.8 Å². The van der Waals surface area contributed by atoms with Gasteiger partial charge in [0.1, 0.15) is 7.11 Å². The summed E-state index contributed by atoms with van der Waals surface area (Å²) in [4.78, 5) is 24.2. The molecule has 0 spiro atoms. The third kappa shape index (κ3) is 2.51. The molecule has 0 aliphatic rings. The summed E-state index contributed by atoms with van der Waals surface area (Å²) in [5, 5.41) is 16.4. The molecule has 22 heavy (non-hydrogen) atoms. The average molecular weight is 334 g/mol. The van der Waals surface area contributed by atoms with Crippen molar-refractivity contribution in [2.75, 3.05) is 12.8 Å². The number of hydrogen-bond donors (Lipinski definition) is 1. The van der Waals surface area contributed by atoms with E-state index in [1.807, 2.05) is 24.3 Å². The number of carboxylic acid groups (broad SMARTS) is 1. The molecule has 2 aromatic heterocycles. The number of hydrogen-bond acceptors (Lipinski definition) is 8. The molecule has 1 aromatic carbocycles. The lowest BCUT2D eigenvalue weighted by molar-refractivity contribution is -0.294. The van der Waals surface area contributed by atoms with E-state index >= 15 is 0 Å². The molecule has 2 N–H and O–H groups in total. The summed E-state index contributed by atoms with van der Waals surface area (Å²) in [6.45, 7) is 0. The van der Waals surface area contributed by atoms with Gasteiger partial charge in [-0.2, -0.15) is 9.97 Å². The first-order chi connectivity index (χ1) is 10.6. The zero-order valence-corrected chi connectivity index (χ0v) is 13.0. The minimum absolute atomic E-state index is 0.127. The van der Waals surface area contributed by atoms with Crippen LogP contribution in [0.25, 0.3) is 14.6 Å². The number of nitrogens with two attached hydrogens (primary N) is 1. The fourth-order valence-corrected chi connectivity index (χ4v) is 4.75. The summed E-state index contributed by atoms with van der Waals surface area (Å²) in [5.74, 6) is -1.47. The van der Waals surface area contributed by atoms with Gasteiger partial charge in [-0.25, -0.2) is 0 Å². The zero-order valence-electron chi connectivity index (χ0n) is 11.3. The molecular formula is C13H10N4O3S2. The number of para-hydroxylation sites is 1. The van der Waals surface area contributed by atoms with Crippen LogP contribution >= 0.6 is 21.8 Å². The first kappa shape index (κ1) is 14.4. The Morgan fingerprint density at radius 3 is 2.86 bits per heavy atom. The molecule has 1 unspecified atom stereocenters. The Hall–Kier alpha value is -2.52. The maximum Gasteiger partial charge on any atom is 0.345 e. The fourth-order valence-electron chi connectivity index (χ4n) is 1.84.